The van der Waals surface area contributed by atoms with Crippen molar-refractivity contribution >= 4 is 0 Å². The molecule has 1 fully saturated rings. The highest BCUT2D eigenvalue weighted by atomic mass is 16.5. The van der Waals surface area contributed by atoms with Crippen molar-refractivity contribution in [3.05, 3.63) is 54.4 Å². The Labute approximate surface area is 208 Å². The van der Waals surface area contributed by atoms with Gasteiger partial charge in [0.1, 0.15) is 5.75 Å². The highest BCUT2D eigenvalue weighted by Gasteiger charge is 2.13. The van der Waals surface area contributed by atoms with Gasteiger partial charge < -0.3 is 4.74 Å². The van der Waals surface area contributed by atoms with Crippen LogP contribution in [0.2, 0.25) is 0 Å². The molecule has 0 unspecified atom stereocenters. The van der Waals surface area contributed by atoms with E-state index in [2.05, 4.69) is 41.2 Å². The number of ether oxygens (including phenoxy) is 1. The van der Waals surface area contributed by atoms with Crippen molar-refractivity contribution in [1.29, 1.82) is 0 Å². The summed E-state index contributed by atoms with van der Waals surface area (Å²) in [6, 6.07) is 8.16. The van der Waals surface area contributed by atoms with E-state index < -0.39 is 0 Å². The summed E-state index contributed by atoms with van der Waals surface area (Å²) < 4.78 is 5.87. The average Bonchev–Trinajstić information content (AvgIpc) is 3.39. The van der Waals surface area contributed by atoms with Crippen molar-refractivity contribution in [2.24, 2.45) is 5.92 Å². The molecule has 0 aliphatic heterocycles. The molecule has 1 saturated carbocycles. The zero-order valence-electron chi connectivity index (χ0n) is 21.5. The monoisotopic (exact) mass is 462 g/mol. The molecule has 0 spiro atoms. The fourth-order valence-corrected chi connectivity index (χ4v) is 4.94. The molecule has 0 radical (unpaired) electrons. The minimum Gasteiger partial charge on any atom is -0.494 e. The molecule has 34 heavy (non-hydrogen) atoms. The third kappa shape index (κ3) is 10.4. The van der Waals surface area contributed by atoms with Gasteiger partial charge in [0.2, 0.25) is 0 Å². The molecule has 1 aliphatic rings. The van der Waals surface area contributed by atoms with Gasteiger partial charge in [0.25, 0.3) is 0 Å². The van der Waals surface area contributed by atoms with E-state index >= 15 is 0 Å². The van der Waals surface area contributed by atoms with Crippen LogP contribution in [0, 0.1) is 5.92 Å². The predicted octanol–water partition coefficient (Wildman–Crippen LogP) is 9.12. The number of aromatic nitrogens is 2. The summed E-state index contributed by atoms with van der Waals surface area (Å²) in [7, 11) is 0. The van der Waals surface area contributed by atoms with E-state index in [9.17, 15) is 0 Å². The number of hydrogen-bond acceptors (Lipinski definition) is 3. The maximum atomic E-state index is 5.87. The zero-order valence-corrected chi connectivity index (χ0v) is 21.5. The van der Waals surface area contributed by atoms with E-state index in [1.165, 1.54) is 82.6 Å². The lowest BCUT2D eigenvalue weighted by atomic mass is 9.99. The molecule has 3 rings (SSSR count). The predicted molar refractivity (Wildman–Crippen MR) is 144 cm³/mol. The second kappa shape index (κ2) is 16.5. The molecule has 0 bridgehead atoms. The molecule has 186 valence electrons. The van der Waals surface area contributed by atoms with Gasteiger partial charge in [-0.2, -0.15) is 0 Å². The van der Waals surface area contributed by atoms with Crippen LogP contribution in [0.1, 0.15) is 109 Å². The summed E-state index contributed by atoms with van der Waals surface area (Å²) in [5.41, 5.74) is 2.29. The van der Waals surface area contributed by atoms with Gasteiger partial charge in [-0.1, -0.05) is 83.3 Å². The van der Waals surface area contributed by atoms with Gasteiger partial charge in [0.15, 0.2) is 5.82 Å². The summed E-state index contributed by atoms with van der Waals surface area (Å²) in [5.74, 6) is 2.77. The topological polar surface area (TPSA) is 35.0 Å². The van der Waals surface area contributed by atoms with Gasteiger partial charge in [-0.05, 0) is 74.3 Å². The van der Waals surface area contributed by atoms with Gasteiger partial charge >= 0.3 is 0 Å². The van der Waals surface area contributed by atoms with Gasteiger partial charge in [-0.3, -0.25) is 0 Å². The van der Waals surface area contributed by atoms with E-state index in [0.717, 1.165) is 55.3 Å². The number of aryl methyl sites for hydroxylation is 1. The number of rotatable bonds is 17. The molecule has 0 amide bonds. The Hall–Kier alpha value is -2.16. The fourth-order valence-electron chi connectivity index (χ4n) is 4.94. The van der Waals surface area contributed by atoms with Crippen molar-refractivity contribution in [1.82, 2.24) is 9.97 Å². The molecule has 2 aromatic rings. The average molecular weight is 463 g/mol. The number of benzene rings is 1. The molecule has 3 heteroatoms. The highest BCUT2D eigenvalue weighted by Crippen LogP contribution is 2.29. The van der Waals surface area contributed by atoms with Crippen LogP contribution in [-0.4, -0.2) is 16.6 Å². The Morgan fingerprint density at radius 1 is 0.824 bits per heavy atom. The first-order chi connectivity index (χ1) is 16.8. The number of unbranched alkanes of at least 4 members (excludes halogenated alkanes) is 7. The first-order valence-electron chi connectivity index (χ1n) is 14.0. The van der Waals surface area contributed by atoms with Gasteiger partial charge in [0.05, 0.1) is 6.61 Å². The van der Waals surface area contributed by atoms with Crippen molar-refractivity contribution in [2.75, 3.05) is 6.61 Å². The lowest BCUT2D eigenvalue weighted by Gasteiger charge is -2.08. The number of hydrogen-bond donors (Lipinski definition) is 0. The van der Waals surface area contributed by atoms with Crippen LogP contribution in [0.3, 0.4) is 0 Å². The van der Waals surface area contributed by atoms with Crippen LogP contribution >= 0.6 is 0 Å². The van der Waals surface area contributed by atoms with Crippen LogP contribution < -0.4 is 4.74 Å². The highest BCUT2D eigenvalue weighted by molar-refractivity contribution is 5.55. The SMILES string of the molecule is CC/C=C\CCCCOc1ccc(-c2ncc(CCCCCCCCC3CCCC3)cn2)cc1. The summed E-state index contributed by atoms with van der Waals surface area (Å²) in [6.07, 6.45) is 29.8. The smallest absolute Gasteiger partial charge is 0.159 e. The van der Waals surface area contributed by atoms with Crippen molar-refractivity contribution in [3.63, 3.8) is 0 Å². The molecule has 3 nitrogen and oxygen atoms in total. The second-order valence-electron chi connectivity index (χ2n) is 9.97. The first-order valence-corrected chi connectivity index (χ1v) is 14.0. The minimum absolute atomic E-state index is 0.769. The fraction of sp³-hybridized carbons (Fsp3) is 0.613. The molecule has 1 aromatic carbocycles. The van der Waals surface area contributed by atoms with Crippen molar-refractivity contribution < 1.29 is 4.74 Å². The molecule has 1 aliphatic carbocycles. The van der Waals surface area contributed by atoms with E-state index in [-0.39, 0.29) is 0 Å². The molecular weight excluding hydrogens is 416 g/mol. The van der Waals surface area contributed by atoms with E-state index in [0.29, 0.717) is 0 Å². The van der Waals surface area contributed by atoms with Crippen LogP contribution in [0.5, 0.6) is 5.75 Å². The largest absolute Gasteiger partial charge is 0.494 e. The van der Waals surface area contributed by atoms with Crippen LogP contribution in [-0.2, 0) is 6.42 Å². The summed E-state index contributed by atoms with van der Waals surface area (Å²) in [6.45, 7) is 2.94. The molecule has 1 heterocycles. The quantitative estimate of drug-likeness (QED) is 0.174. The van der Waals surface area contributed by atoms with Gasteiger partial charge in [-0.15, -0.1) is 0 Å². The Kier molecular flexibility index (Phi) is 12.8. The maximum absolute atomic E-state index is 5.87. The maximum Gasteiger partial charge on any atom is 0.159 e. The first kappa shape index (κ1) is 26.4. The number of allylic oxidation sites excluding steroid dienone is 2. The van der Waals surface area contributed by atoms with Crippen LogP contribution in [0.15, 0.2) is 48.8 Å². The minimum atomic E-state index is 0.769. The summed E-state index contributed by atoms with van der Waals surface area (Å²) in [4.78, 5) is 9.22. The Balaban J connectivity index is 1.26. The lowest BCUT2D eigenvalue weighted by Crippen LogP contribution is -1.97. The Morgan fingerprint density at radius 3 is 2.26 bits per heavy atom. The van der Waals surface area contributed by atoms with Crippen molar-refractivity contribution in [3.8, 4) is 17.1 Å². The normalized spacial score (nSPS) is 14.3. The zero-order chi connectivity index (χ0) is 23.7. The Bertz CT molecular complexity index is 791. The molecule has 1 aromatic heterocycles. The van der Waals surface area contributed by atoms with Gasteiger partial charge in [0, 0.05) is 18.0 Å². The van der Waals surface area contributed by atoms with E-state index in [4.69, 9.17) is 4.74 Å². The van der Waals surface area contributed by atoms with E-state index in [1.807, 2.05) is 24.5 Å². The van der Waals surface area contributed by atoms with Crippen molar-refractivity contribution in [2.45, 2.75) is 110 Å². The molecule has 0 N–H and O–H groups in total. The van der Waals surface area contributed by atoms with Crippen LogP contribution in [0.4, 0.5) is 0 Å². The Morgan fingerprint density at radius 2 is 1.53 bits per heavy atom. The van der Waals surface area contributed by atoms with Gasteiger partial charge in [-0.25, -0.2) is 9.97 Å². The third-order valence-corrected chi connectivity index (χ3v) is 7.06. The van der Waals surface area contributed by atoms with Crippen LogP contribution in [0.25, 0.3) is 11.4 Å². The lowest BCUT2D eigenvalue weighted by molar-refractivity contribution is 0.307. The molecular formula is C31H46N2O. The third-order valence-electron chi connectivity index (χ3n) is 7.06. The second-order valence-corrected chi connectivity index (χ2v) is 9.97. The summed E-state index contributed by atoms with van der Waals surface area (Å²) in [5, 5.41) is 0. The molecule has 0 saturated heterocycles. The number of nitrogens with zero attached hydrogens (tertiary/aromatic N) is 2. The molecule has 0 atom stereocenters. The summed E-state index contributed by atoms with van der Waals surface area (Å²) >= 11 is 0. The standard InChI is InChI=1S/C31H46N2O/c1-2-3-4-5-10-15-24-34-30-22-20-29(21-23-30)31-32-25-28(26-33-31)19-12-9-7-6-8-11-16-27-17-13-14-18-27/h3-4,20-23,25-27H,2,5-19,24H2,1H3/b4-3-. The van der Waals surface area contributed by atoms with E-state index in [1.54, 1.807) is 0 Å².